The number of ether oxygens (including phenoxy) is 1. The SMILES string of the molecule is COC(C)CNC(=O)c1nnc(N)s1. The third kappa shape index (κ3) is 2.93. The predicted octanol–water partition coefficient (Wildman–Crippen LogP) is -0.115. The molecule has 0 spiro atoms. The monoisotopic (exact) mass is 216 g/mol. The van der Waals surface area contributed by atoms with Crippen LogP contribution in [0.3, 0.4) is 0 Å². The smallest absolute Gasteiger partial charge is 0.282 e. The molecule has 0 aliphatic rings. The Morgan fingerprint density at radius 2 is 2.43 bits per heavy atom. The van der Waals surface area contributed by atoms with Crippen molar-refractivity contribution >= 4 is 22.4 Å². The van der Waals surface area contributed by atoms with E-state index in [1.165, 1.54) is 0 Å². The van der Waals surface area contributed by atoms with E-state index in [2.05, 4.69) is 15.5 Å². The molecular weight excluding hydrogens is 204 g/mol. The Hall–Kier alpha value is -1.21. The largest absolute Gasteiger partial charge is 0.380 e. The molecule has 0 saturated carbocycles. The van der Waals surface area contributed by atoms with E-state index in [4.69, 9.17) is 10.5 Å². The van der Waals surface area contributed by atoms with Crippen molar-refractivity contribution < 1.29 is 9.53 Å². The Bertz CT molecular complexity index is 314. The molecule has 1 unspecified atom stereocenters. The maximum absolute atomic E-state index is 11.4. The maximum atomic E-state index is 11.4. The molecule has 0 radical (unpaired) electrons. The van der Waals surface area contributed by atoms with Crippen LogP contribution in [0.5, 0.6) is 0 Å². The summed E-state index contributed by atoms with van der Waals surface area (Å²) in [6.07, 6.45) is -0.0239. The molecule has 1 atom stereocenters. The van der Waals surface area contributed by atoms with Gasteiger partial charge in [-0.05, 0) is 6.92 Å². The first-order valence-corrected chi connectivity index (χ1v) is 4.85. The van der Waals surface area contributed by atoms with Crippen molar-refractivity contribution in [2.45, 2.75) is 13.0 Å². The third-order valence-corrected chi connectivity index (χ3v) is 2.34. The van der Waals surface area contributed by atoms with E-state index < -0.39 is 0 Å². The number of hydrogen-bond acceptors (Lipinski definition) is 6. The van der Waals surface area contributed by atoms with Gasteiger partial charge in [-0.25, -0.2) is 0 Å². The predicted molar refractivity (Wildman–Crippen MR) is 53.1 cm³/mol. The number of hydrogen-bond donors (Lipinski definition) is 2. The summed E-state index contributed by atoms with van der Waals surface area (Å²) < 4.78 is 4.97. The number of nitrogens with two attached hydrogens (primary N) is 1. The topological polar surface area (TPSA) is 90.1 Å². The highest BCUT2D eigenvalue weighted by Gasteiger charge is 2.11. The lowest BCUT2D eigenvalue weighted by Gasteiger charge is -2.08. The van der Waals surface area contributed by atoms with Gasteiger partial charge in [-0.1, -0.05) is 11.3 Å². The van der Waals surface area contributed by atoms with E-state index in [0.29, 0.717) is 6.54 Å². The molecule has 1 amide bonds. The van der Waals surface area contributed by atoms with Crippen LogP contribution in [-0.4, -0.2) is 35.9 Å². The normalized spacial score (nSPS) is 12.4. The van der Waals surface area contributed by atoms with Gasteiger partial charge in [0.25, 0.3) is 5.91 Å². The van der Waals surface area contributed by atoms with Crippen molar-refractivity contribution in [3.63, 3.8) is 0 Å². The van der Waals surface area contributed by atoms with Crippen LogP contribution in [-0.2, 0) is 4.74 Å². The Kier molecular flexibility index (Phi) is 3.78. The summed E-state index contributed by atoms with van der Waals surface area (Å²) in [4.78, 5) is 11.4. The number of carbonyl (C=O) groups is 1. The molecule has 0 aliphatic carbocycles. The van der Waals surface area contributed by atoms with E-state index in [-0.39, 0.29) is 22.2 Å². The number of anilines is 1. The summed E-state index contributed by atoms with van der Waals surface area (Å²) in [7, 11) is 1.58. The van der Waals surface area contributed by atoms with Gasteiger partial charge in [-0.2, -0.15) is 0 Å². The van der Waals surface area contributed by atoms with E-state index in [0.717, 1.165) is 11.3 Å². The Balaban J connectivity index is 2.43. The standard InChI is InChI=1S/C7H12N4O2S/c1-4(13-2)3-9-5(12)6-10-11-7(8)14-6/h4H,3H2,1-2H3,(H2,8,11)(H,9,12). The molecule has 0 aromatic carbocycles. The van der Waals surface area contributed by atoms with Gasteiger partial charge in [0.15, 0.2) is 0 Å². The molecule has 3 N–H and O–H groups in total. The van der Waals surface area contributed by atoms with Crippen LogP contribution >= 0.6 is 11.3 Å². The molecule has 0 saturated heterocycles. The van der Waals surface area contributed by atoms with Crippen LogP contribution < -0.4 is 11.1 Å². The Morgan fingerprint density at radius 3 is 2.93 bits per heavy atom. The molecule has 1 rings (SSSR count). The second kappa shape index (κ2) is 4.87. The van der Waals surface area contributed by atoms with Gasteiger partial charge in [0.2, 0.25) is 10.1 Å². The van der Waals surface area contributed by atoms with Crippen molar-refractivity contribution in [3.05, 3.63) is 5.01 Å². The lowest BCUT2D eigenvalue weighted by atomic mass is 10.4. The molecular formula is C7H12N4O2S. The average molecular weight is 216 g/mol. The minimum atomic E-state index is -0.275. The number of aromatic nitrogens is 2. The van der Waals surface area contributed by atoms with Crippen LogP contribution in [0.1, 0.15) is 16.7 Å². The van der Waals surface area contributed by atoms with E-state index in [9.17, 15) is 4.79 Å². The first-order chi connectivity index (χ1) is 6.63. The fourth-order valence-electron chi connectivity index (χ4n) is 0.722. The number of rotatable bonds is 4. The van der Waals surface area contributed by atoms with Crippen molar-refractivity contribution in [1.29, 1.82) is 0 Å². The number of carbonyl (C=O) groups excluding carboxylic acids is 1. The molecule has 0 aliphatic heterocycles. The van der Waals surface area contributed by atoms with E-state index in [1.54, 1.807) is 7.11 Å². The summed E-state index contributed by atoms with van der Waals surface area (Å²) in [6, 6.07) is 0. The van der Waals surface area contributed by atoms with Gasteiger partial charge >= 0.3 is 0 Å². The minimum absolute atomic E-state index is 0.0239. The molecule has 78 valence electrons. The summed E-state index contributed by atoms with van der Waals surface area (Å²) >= 11 is 1.06. The average Bonchev–Trinajstić information content (AvgIpc) is 2.60. The molecule has 14 heavy (non-hydrogen) atoms. The van der Waals surface area contributed by atoms with Gasteiger partial charge in [-0.15, -0.1) is 10.2 Å². The lowest BCUT2D eigenvalue weighted by molar-refractivity contribution is 0.0869. The summed E-state index contributed by atoms with van der Waals surface area (Å²) in [5.41, 5.74) is 5.34. The van der Waals surface area contributed by atoms with Crippen LogP contribution in [0, 0.1) is 0 Å². The summed E-state index contributed by atoms with van der Waals surface area (Å²) in [6.45, 7) is 2.30. The van der Waals surface area contributed by atoms with Gasteiger partial charge in [0.1, 0.15) is 0 Å². The number of nitrogens with one attached hydrogen (secondary N) is 1. The van der Waals surface area contributed by atoms with Crippen LogP contribution in [0.25, 0.3) is 0 Å². The summed E-state index contributed by atoms with van der Waals surface area (Å²) in [5.74, 6) is -0.275. The lowest BCUT2D eigenvalue weighted by Crippen LogP contribution is -2.31. The first kappa shape index (κ1) is 10.9. The van der Waals surface area contributed by atoms with E-state index in [1.807, 2.05) is 6.92 Å². The van der Waals surface area contributed by atoms with Gasteiger partial charge in [0, 0.05) is 13.7 Å². The molecule has 1 heterocycles. The molecule has 6 nitrogen and oxygen atoms in total. The highest BCUT2D eigenvalue weighted by atomic mass is 32.1. The number of amides is 1. The number of nitrogens with zero attached hydrogens (tertiary/aromatic N) is 2. The van der Waals surface area contributed by atoms with Crippen LogP contribution in [0.2, 0.25) is 0 Å². The highest BCUT2D eigenvalue weighted by Crippen LogP contribution is 2.10. The molecule has 1 aromatic heterocycles. The number of methoxy groups -OCH3 is 1. The third-order valence-electron chi connectivity index (χ3n) is 1.59. The van der Waals surface area contributed by atoms with Gasteiger partial charge in [-0.3, -0.25) is 4.79 Å². The van der Waals surface area contributed by atoms with Gasteiger partial charge < -0.3 is 15.8 Å². The molecule has 0 bridgehead atoms. The van der Waals surface area contributed by atoms with Crippen molar-refractivity contribution in [1.82, 2.24) is 15.5 Å². The minimum Gasteiger partial charge on any atom is -0.380 e. The zero-order chi connectivity index (χ0) is 10.6. The van der Waals surface area contributed by atoms with Gasteiger partial charge in [0.05, 0.1) is 6.10 Å². The highest BCUT2D eigenvalue weighted by molar-refractivity contribution is 7.16. The van der Waals surface area contributed by atoms with E-state index >= 15 is 0 Å². The van der Waals surface area contributed by atoms with Crippen LogP contribution in [0.4, 0.5) is 5.13 Å². The number of nitrogen functional groups attached to an aromatic ring is 1. The Labute approximate surface area is 85.5 Å². The van der Waals surface area contributed by atoms with Crippen molar-refractivity contribution in [2.75, 3.05) is 19.4 Å². The Morgan fingerprint density at radius 1 is 1.71 bits per heavy atom. The quantitative estimate of drug-likeness (QED) is 0.732. The molecule has 1 aromatic rings. The van der Waals surface area contributed by atoms with Crippen LogP contribution in [0.15, 0.2) is 0 Å². The second-order valence-corrected chi connectivity index (χ2v) is 3.71. The zero-order valence-electron chi connectivity index (χ0n) is 7.98. The first-order valence-electron chi connectivity index (χ1n) is 4.03. The molecule has 7 heteroatoms. The fraction of sp³-hybridized carbons (Fsp3) is 0.571. The van der Waals surface area contributed by atoms with Crippen molar-refractivity contribution in [2.24, 2.45) is 0 Å². The van der Waals surface area contributed by atoms with Crippen molar-refractivity contribution in [3.8, 4) is 0 Å². The second-order valence-electron chi connectivity index (χ2n) is 2.70. The fourth-order valence-corrected chi connectivity index (χ4v) is 1.25. The summed E-state index contributed by atoms with van der Waals surface area (Å²) in [5, 5.41) is 10.4. The molecule has 0 fully saturated rings. The zero-order valence-corrected chi connectivity index (χ0v) is 8.80. The maximum Gasteiger partial charge on any atom is 0.282 e.